The predicted molar refractivity (Wildman–Crippen MR) is 84.4 cm³/mol. The van der Waals surface area contributed by atoms with Crippen LogP contribution in [0.4, 0.5) is 0 Å². The lowest BCUT2D eigenvalue weighted by Gasteiger charge is -2.37. The first-order valence-corrected chi connectivity index (χ1v) is 8.99. The zero-order valence-corrected chi connectivity index (χ0v) is 14.5. The van der Waals surface area contributed by atoms with Crippen LogP contribution in [0.15, 0.2) is 12.2 Å². The van der Waals surface area contributed by atoms with Crippen molar-refractivity contribution < 1.29 is 32.5 Å². The van der Waals surface area contributed by atoms with Gasteiger partial charge >= 0.3 is 5.97 Å². The van der Waals surface area contributed by atoms with Gasteiger partial charge in [0.25, 0.3) is 10.1 Å². The van der Waals surface area contributed by atoms with E-state index in [1.807, 2.05) is 0 Å². The average Bonchev–Trinajstić information content (AvgIpc) is 2.41. The third kappa shape index (κ3) is 10.7. The molecule has 0 rings (SSSR count). The highest BCUT2D eigenvalue weighted by atomic mass is 32.2. The van der Waals surface area contributed by atoms with Crippen LogP contribution in [-0.4, -0.2) is 67.4 Å². The van der Waals surface area contributed by atoms with Crippen molar-refractivity contribution >= 4 is 16.1 Å². The van der Waals surface area contributed by atoms with Gasteiger partial charge < -0.3 is 14.7 Å². The van der Waals surface area contributed by atoms with E-state index in [-0.39, 0.29) is 17.2 Å². The van der Waals surface area contributed by atoms with Gasteiger partial charge in [0.1, 0.15) is 0 Å². The molecule has 0 saturated carbocycles. The van der Waals surface area contributed by atoms with Gasteiger partial charge in [0.05, 0.1) is 38.5 Å². The number of hydrogen-bond donors (Lipinski definition) is 1. The van der Waals surface area contributed by atoms with Crippen molar-refractivity contribution in [2.45, 2.75) is 33.6 Å². The highest BCUT2D eigenvalue weighted by Crippen LogP contribution is 2.10. The molecule has 2 N–H and O–H groups in total. The van der Waals surface area contributed by atoms with E-state index in [1.54, 1.807) is 13.0 Å². The van der Waals surface area contributed by atoms with Crippen LogP contribution in [-0.2, 0) is 19.6 Å². The summed E-state index contributed by atoms with van der Waals surface area (Å²) in [5, 5.41) is 0. The summed E-state index contributed by atoms with van der Waals surface area (Å²) in [4.78, 5) is 11.2. The summed E-state index contributed by atoms with van der Waals surface area (Å²) in [6.07, 6.45) is 4.18. The predicted octanol–water partition coefficient (Wildman–Crippen LogP) is 1.45. The molecule has 0 atom stereocenters. The monoisotopic (exact) mass is 339 g/mol. The lowest BCUT2D eigenvalue weighted by atomic mass is 10.2. The van der Waals surface area contributed by atoms with Crippen LogP contribution in [0.5, 0.6) is 0 Å². The Bertz CT molecular complexity index is 429. The Kier molecular flexibility index (Phi) is 12.3. The lowest BCUT2D eigenvalue weighted by Crippen LogP contribution is -2.49. The van der Waals surface area contributed by atoms with Gasteiger partial charge in [0, 0.05) is 18.9 Å². The van der Waals surface area contributed by atoms with Crippen molar-refractivity contribution in [1.82, 2.24) is 0 Å². The highest BCUT2D eigenvalue weighted by Gasteiger charge is 2.23. The topological polar surface area (TPSA) is 111 Å². The fourth-order valence-corrected chi connectivity index (χ4v) is 2.80. The Morgan fingerprint density at radius 1 is 1.18 bits per heavy atom. The molecule has 0 aromatic heterocycles. The van der Waals surface area contributed by atoms with Crippen LogP contribution in [0.1, 0.15) is 33.6 Å². The summed E-state index contributed by atoms with van der Waals surface area (Å²) in [5.74, 6) is -0.543. The normalized spacial score (nSPS) is 12.2. The van der Waals surface area contributed by atoms with Crippen molar-refractivity contribution in [2.24, 2.45) is 0 Å². The van der Waals surface area contributed by atoms with Crippen LogP contribution in [0.3, 0.4) is 0 Å². The second-order valence-corrected chi connectivity index (χ2v) is 6.65. The minimum atomic E-state index is -3.89. The van der Waals surface area contributed by atoms with E-state index in [4.69, 9.17) is 9.29 Å². The number of carbonyl (C=O) groups is 1. The number of rotatable bonds is 11. The van der Waals surface area contributed by atoms with E-state index >= 15 is 0 Å². The molecule has 0 spiro atoms. The summed E-state index contributed by atoms with van der Waals surface area (Å²) in [5.41, 5.74) is 0. The highest BCUT2D eigenvalue weighted by molar-refractivity contribution is 7.85. The largest absolute Gasteiger partial charge is 0.870 e. The van der Waals surface area contributed by atoms with Crippen LogP contribution >= 0.6 is 0 Å². The fraction of sp³-hybridized carbons (Fsp3) is 0.786. The smallest absolute Gasteiger partial charge is 0.330 e. The first-order chi connectivity index (χ1) is 9.78. The summed E-state index contributed by atoms with van der Waals surface area (Å²) in [7, 11) is -3.89. The van der Waals surface area contributed by atoms with Gasteiger partial charge in [-0.3, -0.25) is 4.55 Å². The molecule has 0 aliphatic carbocycles. The molecule has 132 valence electrons. The molecule has 0 amide bonds. The van der Waals surface area contributed by atoms with Gasteiger partial charge in [-0.25, -0.2) is 4.79 Å². The van der Waals surface area contributed by atoms with Crippen molar-refractivity contribution in [3.05, 3.63) is 12.2 Å². The quantitative estimate of drug-likeness (QED) is 0.200. The molecule has 0 aliphatic heterocycles. The molecule has 8 heteroatoms. The molecule has 0 bridgehead atoms. The Balaban J connectivity index is 0. The van der Waals surface area contributed by atoms with E-state index in [2.05, 4.69) is 13.8 Å². The molecule has 0 saturated heterocycles. The maximum atomic E-state index is 11.2. The van der Waals surface area contributed by atoms with Crippen molar-refractivity contribution in [3.8, 4) is 0 Å². The standard InChI is InChI=1S/C14H27NO5S.H2O/c1-4-9-14(16)20-12-7-10-15(5-2,6-3)11-8-13-21(17,18)19;/h4,9H,5-8,10-13H2,1-3H3;1H2. The number of esters is 1. The number of hydrogen-bond acceptors (Lipinski definition) is 5. The number of ether oxygens (including phenoxy) is 1. The molecular formula is C14H29NO6S. The Labute approximate surface area is 133 Å². The second-order valence-electron chi connectivity index (χ2n) is 5.08. The van der Waals surface area contributed by atoms with E-state index in [0.29, 0.717) is 19.6 Å². The molecule has 0 aromatic carbocycles. The van der Waals surface area contributed by atoms with Crippen LogP contribution in [0.2, 0.25) is 0 Å². The summed E-state index contributed by atoms with van der Waals surface area (Å²) in [6.45, 7) is 9.51. The molecule has 0 fully saturated rings. The first-order valence-electron chi connectivity index (χ1n) is 7.38. The lowest BCUT2D eigenvalue weighted by molar-refractivity contribution is -0.925. The zero-order valence-electron chi connectivity index (χ0n) is 13.7. The summed E-state index contributed by atoms with van der Waals surface area (Å²) < 4.78 is 36.2. The third-order valence-electron chi connectivity index (χ3n) is 3.70. The number of quaternary nitrogens is 1. The van der Waals surface area contributed by atoms with Crippen LogP contribution < -0.4 is 0 Å². The minimum Gasteiger partial charge on any atom is -0.870 e. The number of carbonyl (C=O) groups excluding carboxylic acids is 1. The molecule has 22 heavy (non-hydrogen) atoms. The van der Waals surface area contributed by atoms with Crippen LogP contribution in [0.25, 0.3) is 0 Å². The SMILES string of the molecule is CC=CC(=O)OCCC[N+](CC)(CC)CCCS(=O)(=O)O.[OH-]. The van der Waals surface area contributed by atoms with Crippen molar-refractivity contribution in [3.63, 3.8) is 0 Å². The van der Waals surface area contributed by atoms with Crippen molar-refractivity contribution in [1.29, 1.82) is 0 Å². The molecule has 0 radical (unpaired) electrons. The molecule has 0 unspecified atom stereocenters. The van der Waals surface area contributed by atoms with Gasteiger partial charge in [0.15, 0.2) is 0 Å². The van der Waals surface area contributed by atoms with Crippen LogP contribution in [0, 0.1) is 0 Å². The molecule has 7 nitrogen and oxygen atoms in total. The third-order valence-corrected chi connectivity index (χ3v) is 4.50. The van der Waals surface area contributed by atoms with E-state index in [9.17, 15) is 13.2 Å². The molecule has 0 heterocycles. The van der Waals surface area contributed by atoms with E-state index in [1.165, 1.54) is 6.08 Å². The van der Waals surface area contributed by atoms with Gasteiger partial charge in [-0.1, -0.05) is 6.08 Å². The first kappa shape index (κ1) is 23.3. The number of nitrogens with zero attached hydrogens (tertiary/aromatic N) is 1. The van der Waals surface area contributed by atoms with Gasteiger partial charge in [-0.15, -0.1) is 0 Å². The van der Waals surface area contributed by atoms with Gasteiger partial charge in [0.2, 0.25) is 0 Å². The molecular weight excluding hydrogens is 310 g/mol. The van der Waals surface area contributed by atoms with E-state index < -0.39 is 10.1 Å². The summed E-state index contributed by atoms with van der Waals surface area (Å²) >= 11 is 0. The minimum absolute atomic E-state index is 0. The zero-order chi connectivity index (χ0) is 16.4. The average molecular weight is 339 g/mol. The second kappa shape index (κ2) is 11.6. The van der Waals surface area contributed by atoms with Gasteiger partial charge in [-0.05, 0) is 20.8 Å². The Morgan fingerprint density at radius 2 is 1.73 bits per heavy atom. The summed E-state index contributed by atoms with van der Waals surface area (Å²) in [6, 6.07) is 0. The molecule has 0 aliphatic rings. The maximum Gasteiger partial charge on any atom is 0.330 e. The molecule has 0 aromatic rings. The Morgan fingerprint density at radius 3 is 2.18 bits per heavy atom. The maximum absolute atomic E-state index is 11.2. The fourth-order valence-electron chi connectivity index (χ4n) is 2.31. The number of allylic oxidation sites excluding steroid dienone is 1. The van der Waals surface area contributed by atoms with Gasteiger partial charge in [-0.2, -0.15) is 8.42 Å². The van der Waals surface area contributed by atoms with Crippen molar-refractivity contribution in [2.75, 3.05) is 38.5 Å². The van der Waals surface area contributed by atoms with E-state index in [0.717, 1.165) is 30.5 Å². The Hall–Kier alpha value is -0.960.